The van der Waals surface area contributed by atoms with E-state index in [4.69, 9.17) is 22.1 Å². The highest BCUT2D eigenvalue weighted by molar-refractivity contribution is 8.13. The SMILES string of the molecule is NC(=NN=Cc1ccc(OCc2ccc(F)cc2Cl)cc1)SCc1ccccc1. The zero-order valence-corrected chi connectivity index (χ0v) is 17.0. The summed E-state index contributed by atoms with van der Waals surface area (Å²) < 4.78 is 18.8. The molecule has 0 atom stereocenters. The molecule has 29 heavy (non-hydrogen) atoms. The molecule has 7 heteroatoms. The smallest absolute Gasteiger partial charge is 0.180 e. The lowest BCUT2D eigenvalue weighted by Crippen LogP contribution is -2.05. The first-order valence-corrected chi connectivity index (χ1v) is 10.2. The Balaban J connectivity index is 1.49. The second-order valence-corrected chi connectivity index (χ2v) is 7.45. The third kappa shape index (κ3) is 6.93. The minimum absolute atomic E-state index is 0.256. The third-order valence-corrected chi connectivity index (χ3v) is 5.09. The Morgan fingerprint density at radius 1 is 1.07 bits per heavy atom. The first-order chi connectivity index (χ1) is 14.1. The molecule has 0 fully saturated rings. The Morgan fingerprint density at radius 3 is 2.55 bits per heavy atom. The molecule has 3 aromatic carbocycles. The summed E-state index contributed by atoms with van der Waals surface area (Å²) in [6.07, 6.45) is 1.62. The Morgan fingerprint density at radius 2 is 1.83 bits per heavy atom. The molecule has 0 aliphatic rings. The van der Waals surface area contributed by atoms with E-state index in [9.17, 15) is 4.39 Å². The first-order valence-electron chi connectivity index (χ1n) is 8.80. The van der Waals surface area contributed by atoms with Gasteiger partial charge in [0, 0.05) is 11.3 Å². The summed E-state index contributed by atoms with van der Waals surface area (Å²) in [5.41, 5.74) is 8.63. The van der Waals surface area contributed by atoms with Gasteiger partial charge in [-0.3, -0.25) is 0 Å². The van der Waals surface area contributed by atoms with Gasteiger partial charge in [-0.1, -0.05) is 59.8 Å². The minimum Gasteiger partial charge on any atom is -0.489 e. The van der Waals surface area contributed by atoms with Crippen molar-refractivity contribution in [1.29, 1.82) is 0 Å². The van der Waals surface area contributed by atoms with Gasteiger partial charge in [-0.25, -0.2) is 4.39 Å². The molecule has 0 amide bonds. The molecule has 0 unspecified atom stereocenters. The summed E-state index contributed by atoms with van der Waals surface area (Å²) in [7, 11) is 0. The van der Waals surface area contributed by atoms with Crippen LogP contribution in [-0.4, -0.2) is 11.4 Å². The largest absolute Gasteiger partial charge is 0.489 e. The van der Waals surface area contributed by atoms with Crippen LogP contribution in [-0.2, 0) is 12.4 Å². The van der Waals surface area contributed by atoms with E-state index in [0.29, 0.717) is 15.9 Å². The summed E-state index contributed by atoms with van der Waals surface area (Å²) >= 11 is 7.43. The molecule has 3 aromatic rings. The van der Waals surface area contributed by atoms with E-state index < -0.39 is 0 Å². The molecule has 3 rings (SSSR count). The van der Waals surface area contributed by atoms with E-state index in [1.807, 2.05) is 54.6 Å². The topological polar surface area (TPSA) is 60.0 Å². The molecular formula is C22H19ClFN3OS. The van der Waals surface area contributed by atoms with Crippen molar-refractivity contribution in [3.05, 3.63) is 100 Å². The van der Waals surface area contributed by atoms with Gasteiger partial charge in [0.25, 0.3) is 0 Å². The van der Waals surface area contributed by atoms with Gasteiger partial charge < -0.3 is 10.5 Å². The van der Waals surface area contributed by atoms with E-state index in [1.165, 1.54) is 29.5 Å². The van der Waals surface area contributed by atoms with E-state index in [-0.39, 0.29) is 12.4 Å². The molecule has 148 valence electrons. The van der Waals surface area contributed by atoms with Crippen LogP contribution in [0.4, 0.5) is 4.39 Å². The van der Waals surface area contributed by atoms with Crippen LogP contribution in [0, 0.1) is 5.82 Å². The molecule has 0 spiro atoms. The number of halogens is 2. The maximum atomic E-state index is 13.1. The van der Waals surface area contributed by atoms with Crippen molar-refractivity contribution in [2.45, 2.75) is 12.4 Å². The van der Waals surface area contributed by atoms with Gasteiger partial charge in [-0.2, -0.15) is 5.10 Å². The number of hydrogen-bond acceptors (Lipinski definition) is 4. The van der Waals surface area contributed by atoms with Gasteiger partial charge in [0.2, 0.25) is 0 Å². The van der Waals surface area contributed by atoms with Crippen LogP contribution in [0.2, 0.25) is 5.02 Å². The molecule has 0 aromatic heterocycles. The molecule has 0 heterocycles. The molecule has 2 N–H and O–H groups in total. The number of benzene rings is 3. The molecule has 0 radical (unpaired) electrons. The van der Waals surface area contributed by atoms with Gasteiger partial charge in [-0.05, 0) is 47.5 Å². The predicted octanol–water partition coefficient (Wildman–Crippen LogP) is 5.64. The van der Waals surface area contributed by atoms with Crippen LogP contribution in [0.1, 0.15) is 16.7 Å². The number of thioether (sulfide) groups is 1. The van der Waals surface area contributed by atoms with Gasteiger partial charge in [0.05, 0.1) is 11.2 Å². The normalized spacial score (nSPS) is 11.7. The fourth-order valence-corrected chi connectivity index (χ4v) is 3.20. The number of ether oxygens (including phenoxy) is 1. The highest BCUT2D eigenvalue weighted by Crippen LogP contribution is 2.20. The monoisotopic (exact) mass is 427 g/mol. The van der Waals surface area contributed by atoms with E-state index in [2.05, 4.69) is 10.2 Å². The molecule has 0 bridgehead atoms. The van der Waals surface area contributed by atoms with Crippen molar-refractivity contribution in [2.75, 3.05) is 0 Å². The van der Waals surface area contributed by atoms with Gasteiger partial charge in [-0.15, -0.1) is 5.10 Å². The van der Waals surface area contributed by atoms with Gasteiger partial charge in [0.15, 0.2) is 5.17 Å². The molecule has 0 aliphatic heterocycles. The van der Waals surface area contributed by atoms with Crippen LogP contribution in [0.25, 0.3) is 0 Å². The Hall–Kier alpha value is -2.83. The van der Waals surface area contributed by atoms with Crippen molar-refractivity contribution < 1.29 is 9.13 Å². The van der Waals surface area contributed by atoms with Gasteiger partial charge in [0.1, 0.15) is 18.2 Å². The third-order valence-electron chi connectivity index (χ3n) is 3.88. The molecule has 0 aliphatic carbocycles. The highest BCUT2D eigenvalue weighted by atomic mass is 35.5. The average molecular weight is 428 g/mol. The van der Waals surface area contributed by atoms with Crippen molar-refractivity contribution in [3.63, 3.8) is 0 Å². The predicted molar refractivity (Wildman–Crippen MR) is 119 cm³/mol. The lowest BCUT2D eigenvalue weighted by molar-refractivity contribution is 0.306. The maximum absolute atomic E-state index is 13.1. The van der Waals surface area contributed by atoms with E-state index in [0.717, 1.165) is 16.9 Å². The van der Waals surface area contributed by atoms with E-state index in [1.54, 1.807) is 12.3 Å². The zero-order chi connectivity index (χ0) is 20.5. The Bertz CT molecular complexity index is 995. The summed E-state index contributed by atoms with van der Waals surface area (Å²) in [6.45, 7) is 0.256. The second kappa shape index (κ2) is 10.6. The fraction of sp³-hybridized carbons (Fsp3) is 0.0909. The summed E-state index contributed by atoms with van der Waals surface area (Å²) in [5.74, 6) is 1.05. The second-order valence-electron chi connectivity index (χ2n) is 6.05. The summed E-state index contributed by atoms with van der Waals surface area (Å²) in [5, 5.41) is 8.77. The van der Waals surface area contributed by atoms with Crippen LogP contribution in [0.3, 0.4) is 0 Å². The van der Waals surface area contributed by atoms with Gasteiger partial charge >= 0.3 is 0 Å². The summed E-state index contributed by atoms with van der Waals surface area (Å²) in [6, 6.07) is 21.6. The van der Waals surface area contributed by atoms with Crippen molar-refractivity contribution in [1.82, 2.24) is 0 Å². The zero-order valence-electron chi connectivity index (χ0n) is 15.5. The van der Waals surface area contributed by atoms with E-state index >= 15 is 0 Å². The lowest BCUT2D eigenvalue weighted by Gasteiger charge is -2.08. The van der Waals surface area contributed by atoms with Crippen LogP contribution in [0.15, 0.2) is 83.0 Å². The maximum Gasteiger partial charge on any atom is 0.180 e. The number of amidine groups is 1. The van der Waals surface area contributed by atoms with Crippen LogP contribution >= 0.6 is 23.4 Å². The Kier molecular flexibility index (Phi) is 7.67. The molecule has 0 saturated heterocycles. The quantitative estimate of drug-likeness (QED) is 0.301. The summed E-state index contributed by atoms with van der Waals surface area (Å²) in [4.78, 5) is 0. The van der Waals surface area contributed by atoms with Crippen LogP contribution in [0.5, 0.6) is 5.75 Å². The minimum atomic E-state index is -0.371. The molecular weight excluding hydrogens is 409 g/mol. The molecule has 4 nitrogen and oxygen atoms in total. The first kappa shape index (κ1) is 20.9. The number of nitrogens with zero attached hydrogens (tertiary/aromatic N) is 2. The van der Waals surface area contributed by atoms with Crippen LogP contribution < -0.4 is 10.5 Å². The lowest BCUT2D eigenvalue weighted by atomic mass is 10.2. The number of hydrogen-bond donors (Lipinski definition) is 1. The van der Waals surface area contributed by atoms with Crippen molar-refractivity contribution in [3.8, 4) is 5.75 Å². The fourth-order valence-electron chi connectivity index (χ4n) is 2.36. The Labute approximate surface area is 178 Å². The number of nitrogens with two attached hydrogens (primary N) is 1. The van der Waals surface area contributed by atoms with Crippen molar-refractivity contribution in [2.24, 2.45) is 15.9 Å². The number of rotatable bonds is 7. The average Bonchev–Trinajstić information content (AvgIpc) is 2.73. The molecule has 0 saturated carbocycles. The highest BCUT2D eigenvalue weighted by Gasteiger charge is 2.03. The standard InChI is InChI=1S/C22H19ClFN3OS/c23-21-12-19(24)9-8-18(21)14-28-20-10-6-16(7-11-20)13-26-27-22(25)29-15-17-4-2-1-3-5-17/h1-13H,14-15H2,(H2,25,27). The van der Waals surface area contributed by atoms with Crippen molar-refractivity contribution >= 4 is 34.7 Å².